The summed E-state index contributed by atoms with van der Waals surface area (Å²) in [6, 6.07) is 3.00. The van der Waals surface area contributed by atoms with Crippen LogP contribution in [0.2, 0.25) is 0 Å². The zero-order valence-electron chi connectivity index (χ0n) is 14.0. The van der Waals surface area contributed by atoms with Crippen LogP contribution < -0.4 is 4.90 Å². The molecule has 1 aliphatic heterocycles. The Morgan fingerprint density at radius 2 is 1.92 bits per heavy atom. The first-order valence-corrected chi connectivity index (χ1v) is 8.03. The maximum Gasteiger partial charge on any atom is 0.416 e. The lowest BCUT2D eigenvalue weighted by molar-refractivity contribution is -0.384. The van der Waals surface area contributed by atoms with E-state index in [1.807, 2.05) is 4.90 Å². The molecule has 24 heavy (non-hydrogen) atoms. The molecule has 1 saturated heterocycles. The quantitative estimate of drug-likeness (QED) is 0.560. The Kier molecular flexibility index (Phi) is 3.62. The van der Waals surface area contributed by atoms with Crippen LogP contribution in [0.1, 0.15) is 45.6 Å². The van der Waals surface area contributed by atoms with Gasteiger partial charge in [0.1, 0.15) is 5.69 Å². The molecule has 2 unspecified atom stereocenters. The maximum absolute atomic E-state index is 12.9. The smallest absolute Gasteiger partial charge is 0.362 e. The van der Waals surface area contributed by atoms with Crippen LogP contribution in [0.3, 0.4) is 0 Å². The van der Waals surface area contributed by atoms with E-state index in [9.17, 15) is 23.3 Å². The Balaban J connectivity index is 2.03. The van der Waals surface area contributed by atoms with Crippen molar-refractivity contribution < 1.29 is 18.1 Å². The van der Waals surface area contributed by atoms with Crippen molar-refractivity contribution >= 4 is 11.4 Å². The lowest BCUT2D eigenvalue weighted by atomic mass is 9.65. The first-order valence-electron chi connectivity index (χ1n) is 8.03. The highest BCUT2D eigenvalue weighted by Gasteiger charge is 2.50. The number of rotatable bonds is 2. The van der Waals surface area contributed by atoms with Crippen molar-refractivity contribution in [2.24, 2.45) is 10.8 Å². The van der Waals surface area contributed by atoms with Gasteiger partial charge >= 0.3 is 6.18 Å². The number of nitro benzene ring substituents is 1. The van der Waals surface area contributed by atoms with Crippen molar-refractivity contribution in [3.8, 4) is 0 Å². The summed E-state index contributed by atoms with van der Waals surface area (Å²) in [5.74, 6) is 0. The van der Waals surface area contributed by atoms with Gasteiger partial charge in [-0.3, -0.25) is 10.1 Å². The number of benzene rings is 1. The molecule has 1 aliphatic carbocycles. The van der Waals surface area contributed by atoms with Gasteiger partial charge in [0.15, 0.2) is 0 Å². The fourth-order valence-corrected chi connectivity index (χ4v) is 4.83. The molecule has 1 aromatic carbocycles. The Hall–Kier alpha value is -1.79. The molecule has 2 aliphatic rings. The van der Waals surface area contributed by atoms with Gasteiger partial charge in [0, 0.05) is 18.7 Å². The van der Waals surface area contributed by atoms with Gasteiger partial charge in [-0.05, 0) is 42.2 Å². The largest absolute Gasteiger partial charge is 0.416 e. The monoisotopic (exact) mass is 342 g/mol. The van der Waals surface area contributed by atoms with E-state index in [-0.39, 0.29) is 16.9 Å². The summed E-state index contributed by atoms with van der Waals surface area (Å²) in [5, 5.41) is 11.4. The van der Waals surface area contributed by atoms with E-state index < -0.39 is 22.4 Å². The number of anilines is 1. The van der Waals surface area contributed by atoms with E-state index in [1.165, 1.54) is 6.07 Å². The second-order valence-electron chi connectivity index (χ2n) is 8.30. The van der Waals surface area contributed by atoms with Crippen LogP contribution in [0, 0.1) is 20.9 Å². The molecule has 0 spiro atoms. The number of fused-ring (bicyclic) bond motifs is 2. The second kappa shape index (κ2) is 5.10. The van der Waals surface area contributed by atoms with Crippen LogP contribution in [0.25, 0.3) is 0 Å². The number of alkyl halides is 3. The van der Waals surface area contributed by atoms with Crippen molar-refractivity contribution in [3.63, 3.8) is 0 Å². The molecule has 2 bridgehead atoms. The molecule has 4 nitrogen and oxygen atoms in total. The third kappa shape index (κ3) is 2.96. The number of halogens is 3. The summed E-state index contributed by atoms with van der Waals surface area (Å²) < 4.78 is 38.6. The molecule has 1 heterocycles. The summed E-state index contributed by atoms with van der Waals surface area (Å²) in [6.07, 6.45) is -1.75. The summed E-state index contributed by atoms with van der Waals surface area (Å²) in [4.78, 5) is 12.6. The van der Waals surface area contributed by atoms with Crippen molar-refractivity contribution in [1.29, 1.82) is 0 Å². The van der Waals surface area contributed by atoms with Gasteiger partial charge in [-0.2, -0.15) is 13.2 Å². The molecule has 132 valence electrons. The van der Waals surface area contributed by atoms with E-state index >= 15 is 0 Å². The predicted molar refractivity (Wildman–Crippen MR) is 85.0 cm³/mol. The van der Waals surface area contributed by atoms with Crippen molar-refractivity contribution in [3.05, 3.63) is 33.9 Å². The topological polar surface area (TPSA) is 46.4 Å². The molecule has 2 atom stereocenters. The van der Waals surface area contributed by atoms with Crippen molar-refractivity contribution in [2.75, 3.05) is 11.4 Å². The van der Waals surface area contributed by atoms with Gasteiger partial charge in [0.05, 0.1) is 10.5 Å². The standard InChI is InChI=1S/C17H21F3N2O2/c1-15(2)7-12-8-16(3,9-15)10-21(12)13-5-4-11(17(18,19)20)6-14(13)22(23)24/h4-6,12H,7-10H2,1-3H3. The molecule has 2 fully saturated rings. The zero-order valence-corrected chi connectivity index (χ0v) is 14.0. The SMILES string of the molecule is CC1(C)CC2CC(C)(CN2c2ccc(C(F)(F)F)cc2[N+](=O)[O-])C1. The predicted octanol–water partition coefficient (Wildman–Crippen LogP) is 5.02. The second-order valence-corrected chi connectivity index (χ2v) is 8.30. The summed E-state index contributed by atoms with van der Waals surface area (Å²) >= 11 is 0. The third-order valence-electron chi connectivity index (χ3n) is 5.22. The van der Waals surface area contributed by atoms with Crippen LogP contribution >= 0.6 is 0 Å². The average molecular weight is 342 g/mol. The molecular weight excluding hydrogens is 321 g/mol. The molecular formula is C17H21F3N2O2. The lowest BCUT2D eigenvalue weighted by Crippen LogP contribution is -2.34. The third-order valence-corrected chi connectivity index (χ3v) is 5.22. The van der Waals surface area contributed by atoms with E-state index in [1.54, 1.807) is 0 Å². The molecule has 0 radical (unpaired) electrons. The molecule has 1 aromatic rings. The lowest BCUT2D eigenvalue weighted by Gasteiger charge is -2.39. The van der Waals surface area contributed by atoms with Crippen LogP contribution in [0.5, 0.6) is 0 Å². The van der Waals surface area contributed by atoms with Gasteiger partial charge in [-0.25, -0.2) is 0 Å². The van der Waals surface area contributed by atoms with E-state index in [0.29, 0.717) is 18.3 Å². The Morgan fingerprint density at radius 3 is 2.50 bits per heavy atom. The van der Waals surface area contributed by atoms with Gasteiger partial charge in [-0.15, -0.1) is 0 Å². The van der Waals surface area contributed by atoms with E-state index in [2.05, 4.69) is 20.8 Å². The fourth-order valence-electron chi connectivity index (χ4n) is 4.83. The van der Waals surface area contributed by atoms with Crippen LogP contribution in [-0.4, -0.2) is 17.5 Å². The van der Waals surface area contributed by atoms with Gasteiger partial charge in [0.2, 0.25) is 0 Å². The number of hydrogen-bond donors (Lipinski definition) is 0. The van der Waals surface area contributed by atoms with Crippen LogP contribution in [-0.2, 0) is 6.18 Å². The first-order chi connectivity index (χ1) is 10.9. The first kappa shape index (κ1) is 17.0. The minimum absolute atomic E-state index is 0.0446. The normalized spacial score (nSPS) is 28.9. The minimum atomic E-state index is -4.59. The van der Waals surface area contributed by atoms with Crippen molar-refractivity contribution in [2.45, 2.75) is 52.3 Å². The van der Waals surface area contributed by atoms with Crippen LogP contribution in [0.15, 0.2) is 18.2 Å². The Labute approximate surface area is 138 Å². The minimum Gasteiger partial charge on any atom is -0.362 e. The van der Waals surface area contributed by atoms with Gasteiger partial charge in [0.25, 0.3) is 5.69 Å². The highest BCUT2D eigenvalue weighted by atomic mass is 19.4. The molecule has 1 saturated carbocycles. The molecule has 7 heteroatoms. The molecule has 3 rings (SSSR count). The van der Waals surface area contributed by atoms with Gasteiger partial charge < -0.3 is 4.90 Å². The summed E-state index contributed by atoms with van der Waals surface area (Å²) in [5.41, 5.74) is -0.958. The molecule has 0 amide bonds. The average Bonchev–Trinajstić information content (AvgIpc) is 2.66. The highest BCUT2D eigenvalue weighted by molar-refractivity contribution is 5.66. The fraction of sp³-hybridized carbons (Fsp3) is 0.647. The Bertz CT molecular complexity index is 687. The van der Waals surface area contributed by atoms with Crippen LogP contribution in [0.4, 0.5) is 24.5 Å². The van der Waals surface area contributed by atoms with Gasteiger partial charge in [-0.1, -0.05) is 20.8 Å². The van der Waals surface area contributed by atoms with Crippen molar-refractivity contribution in [1.82, 2.24) is 0 Å². The number of hydrogen-bond acceptors (Lipinski definition) is 3. The molecule has 0 N–H and O–H groups in total. The molecule has 0 aromatic heterocycles. The van der Waals surface area contributed by atoms with E-state index in [4.69, 9.17) is 0 Å². The van der Waals surface area contributed by atoms with E-state index in [0.717, 1.165) is 25.3 Å². The Morgan fingerprint density at radius 1 is 1.25 bits per heavy atom. The number of nitro groups is 1. The maximum atomic E-state index is 12.9. The highest BCUT2D eigenvalue weighted by Crippen LogP contribution is 2.54. The zero-order chi connectivity index (χ0) is 17.9. The summed E-state index contributed by atoms with van der Waals surface area (Å²) in [6.45, 7) is 7.17. The summed E-state index contributed by atoms with van der Waals surface area (Å²) in [7, 11) is 0. The number of nitrogens with zero attached hydrogens (tertiary/aromatic N) is 2.